The van der Waals surface area contributed by atoms with Crippen molar-refractivity contribution < 1.29 is 26.8 Å². The summed E-state index contributed by atoms with van der Waals surface area (Å²) in [5, 5.41) is 5.08. The smallest absolute Gasteiger partial charge is 0.363 e. The van der Waals surface area contributed by atoms with Gasteiger partial charge in [-0.05, 0) is 60.7 Å². The van der Waals surface area contributed by atoms with E-state index in [0.717, 1.165) is 0 Å². The summed E-state index contributed by atoms with van der Waals surface area (Å²) in [6.45, 7) is 0. The van der Waals surface area contributed by atoms with E-state index in [1.807, 2.05) is 0 Å². The zero-order chi connectivity index (χ0) is 20.6. The number of ether oxygens (including phenoxy) is 1. The zero-order valence-corrected chi connectivity index (χ0v) is 15.5. The third-order valence-electron chi connectivity index (χ3n) is 4.08. The summed E-state index contributed by atoms with van der Waals surface area (Å²) in [7, 11) is -3.78. The van der Waals surface area contributed by atoms with Crippen molar-refractivity contribution in [2.24, 2.45) is 10.1 Å². The summed E-state index contributed by atoms with van der Waals surface area (Å²) in [5.74, 6) is -0.167. The highest BCUT2D eigenvalue weighted by Crippen LogP contribution is 2.26. The Hall–Kier alpha value is -3.56. The lowest BCUT2D eigenvalue weighted by Crippen LogP contribution is -2.11. The average molecular weight is 412 g/mol. The number of furan rings is 1. The fraction of sp³-hybridized carbons (Fsp3) is 0. The van der Waals surface area contributed by atoms with Gasteiger partial charge in [0.05, 0.1) is 4.90 Å². The van der Waals surface area contributed by atoms with Crippen LogP contribution in [-0.4, -0.2) is 20.3 Å². The molecule has 1 aromatic heterocycles. The van der Waals surface area contributed by atoms with Gasteiger partial charge in [-0.15, -0.1) is 0 Å². The van der Waals surface area contributed by atoms with Crippen LogP contribution in [0.15, 0.2) is 80.7 Å². The minimum absolute atomic E-state index is 0.00786. The summed E-state index contributed by atoms with van der Waals surface area (Å²) in [6.07, 6.45) is 1.42. The van der Waals surface area contributed by atoms with Gasteiger partial charge in [0.15, 0.2) is 5.70 Å². The largest absolute Gasteiger partial charge is 0.457 e. The minimum atomic E-state index is -3.78. The molecule has 2 aromatic carbocycles. The van der Waals surface area contributed by atoms with Gasteiger partial charge in [0.25, 0.3) is 0 Å². The van der Waals surface area contributed by atoms with Crippen molar-refractivity contribution in [1.29, 1.82) is 0 Å². The Balaban J connectivity index is 1.59. The highest BCUT2D eigenvalue weighted by Gasteiger charge is 2.24. The number of carbonyl (C=O) groups is 1. The summed E-state index contributed by atoms with van der Waals surface area (Å²) in [5.41, 5.74) is 1.14. The molecule has 0 bridgehead atoms. The van der Waals surface area contributed by atoms with Crippen LogP contribution >= 0.6 is 0 Å². The van der Waals surface area contributed by atoms with E-state index in [1.54, 1.807) is 24.3 Å². The van der Waals surface area contributed by atoms with Gasteiger partial charge in [-0.1, -0.05) is 0 Å². The summed E-state index contributed by atoms with van der Waals surface area (Å²) in [6, 6.07) is 14.6. The SMILES string of the molecule is NS(=O)(=O)c1ccc(-c2ccc(/C=C3\N=C(c4ccc(F)cc4)OC3=O)o2)cc1. The molecule has 29 heavy (non-hydrogen) atoms. The van der Waals surface area contributed by atoms with Crippen LogP contribution in [-0.2, 0) is 19.6 Å². The monoisotopic (exact) mass is 412 g/mol. The normalized spacial score (nSPS) is 15.4. The van der Waals surface area contributed by atoms with Gasteiger partial charge in [-0.25, -0.2) is 27.7 Å². The van der Waals surface area contributed by atoms with Crippen LogP contribution in [0.4, 0.5) is 4.39 Å². The van der Waals surface area contributed by atoms with E-state index in [4.69, 9.17) is 14.3 Å². The van der Waals surface area contributed by atoms with Gasteiger partial charge in [0.1, 0.15) is 17.3 Å². The van der Waals surface area contributed by atoms with Crippen LogP contribution in [0.3, 0.4) is 0 Å². The van der Waals surface area contributed by atoms with Gasteiger partial charge in [-0.2, -0.15) is 0 Å². The lowest BCUT2D eigenvalue weighted by Gasteiger charge is -2.00. The molecule has 146 valence electrons. The third-order valence-corrected chi connectivity index (χ3v) is 5.01. The average Bonchev–Trinajstić information content (AvgIpc) is 3.29. The molecule has 0 amide bonds. The Morgan fingerprint density at radius 3 is 2.24 bits per heavy atom. The van der Waals surface area contributed by atoms with Gasteiger partial charge in [0.2, 0.25) is 15.9 Å². The molecule has 9 heteroatoms. The van der Waals surface area contributed by atoms with Gasteiger partial charge in [-0.3, -0.25) is 0 Å². The third kappa shape index (κ3) is 4.00. The fourth-order valence-corrected chi connectivity index (χ4v) is 3.17. The number of cyclic esters (lactones) is 1. The van der Waals surface area contributed by atoms with Crippen LogP contribution < -0.4 is 5.14 Å². The second-order valence-corrected chi connectivity index (χ2v) is 7.68. The molecule has 0 unspecified atom stereocenters. The van der Waals surface area contributed by atoms with Crippen LogP contribution in [0.5, 0.6) is 0 Å². The molecular formula is C20H13FN2O5S. The lowest BCUT2D eigenvalue weighted by molar-refractivity contribution is -0.129. The quantitative estimate of drug-likeness (QED) is 0.523. The number of carbonyl (C=O) groups excluding carboxylic acids is 1. The summed E-state index contributed by atoms with van der Waals surface area (Å²) >= 11 is 0. The Labute approximate surface area is 165 Å². The van der Waals surface area contributed by atoms with E-state index in [9.17, 15) is 17.6 Å². The standard InChI is InChI=1S/C20H13FN2O5S/c21-14-5-1-13(2-6-14)19-23-17(20(24)28-19)11-15-7-10-18(27-15)12-3-8-16(9-4-12)29(22,25)26/h1-11H,(H2,22,25,26)/b17-11-. The molecule has 0 fully saturated rings. The Kier molecular flexibility index (Phi) is 4.61. The summed E-state index contributed by atoms with van der Waals surface area (Å²) < 4.78 is 46.5. The van der Waals surface area contributed by atoms with Crippen molar-refractivity contribution in [3.63, 3.8) is 0 Å². The molecule has 7 nitrogen and oxygen atoms in total. The first-order valence-corrected chi connectivity index (χ1v) is 9.86. The van der Waals surface area contributed by atoms with Gasteiger partial charge < -0.3 is 9.15 Å². The van der Waals surface area contributed by atoms with E-state index >= 15 is 0 Å². The number of primary sulfonamides is 1. The first kappa shape index (κ1) is 18.8. The maximum absolute atomic E-state index is 13.0. The number of esters is 1. The zero-order valence-electron chi connectivity index (χ0n) is 14.7. The maximum Gasteiger partial charge on any atom is 0.363 e. The Morgan fingerprint density at radius 2 is 1.59 bits per heavy atom. The van der Waals surface area contributed by atoms with E-state index in [0.29, 0.717) is 22.6 Å². The molecule has 1 aliphatic heterocycles. The highest BCUT2D eigenvalue weighted by molar-refractivity contribution is 7.89. The number of rotatable bonds is 4. The minimum Gasteiger partial charge on any atom is -0.457 e. The molecule has 2 heterocycles. The van der Waals surface area contributed by atoms with Crippen LogP contribution in [0.1, 0.15) is 11.3 Å². The molecule has 0 atom stereocenters. The van der Waals surface area contributed by atoms with Crippen molar-refractivity contribution in [3.05, 3.63) is 83.5 Å². The molecule has 0 radical (unpaired) electrons. The first-order valence-electron chi connectivity index (χ1n) is 8.31. The first-order chi connectivity index (χ1) is 13.8. The number of aliphatic imine (C=N–C) groups is 1. The topological polar surface area (TPSA) is 112 Å². The van der Waals surface area contributed by atoms with Gasteiger partial charge >= 0.3 is 5.97 Å². The second kappa shape index (κ2) is 7.12. The molecule has 3 aromatic rings. The number of nitrogens with zero attached hydrogens (tertiary/aromatic N) is 1. The number of sulfonamides is 1. The lowest BCUT2D eigenvalue weighted by atomic mass is 10.2. The molecule has 0 aliphatic carbocycles. The highest BCUT2D eigenvalue weighted by atomic mass is 32.2. The Morgan fingerprint density at radius 1 is 0.931 bits per heavy atom. The second-order valence-electron chi connectivity index (χ2n) is 6.11. The number of hydrogen-bond acceptors (Lipinski definition) is 6. The molecule has 0 spiro atoms. The molecule has 1 aliphatic rings. The molecule has 4 rings (SSSR count). The van der Waals surface area contributed by atoms with Crippen molar-refractivity contribution >= 4 is 28.0 Å². The van der Waals surface area contributed by atoms with E-state index in [-0.39, 0.29) is 16.5 Å². The predicted octanol–water partition coefficient (Wildman–Crippen LogP) is 3.08. The van der Waals surface area contributed by atoms with Crippen molar-refractivity contribution in [2.45, 2.75) is 4.90 Å². The molecule has 2 N–H and O–H groups in total. The summed E-state index contributed by atoms with van der Waals surface area (Å²) in [4.78, 5) is 16.2. The van der Waals surface area contributed by atoms with Crippen molar-refractivity contribution in [1.82, 2.24) is 0 Å². The fourth-order valence-electron chi connectivity index (χ4n) is 2.65. The van der Waals surface area contributed by atoms with E-state index in [2.05, 4.69) is 4.99 Å². The molecular weight excluding hydrogens is 399 g/mol. The van der Waals surface area contributed by atoms with Crippen molar-refractivity contribution in [3.8, 4) is 11.3 Å². The predicted molar refractivity (Wildman–Crippen MR) is 103 cm³/mol. The molecule has 0 saturated carbocycles. The van der Waals surface area contributed by atoms with Crippen LogP contribution in [0, 0.1) is 5.82 Å². The van der Waals surface area contributed by atoms with Crippen molar-refractivity contribution in [2.75, 3.05) is 0 Å². The van der Waals surface area contributed by atoms with E-state index in [1.165, 1.54) is 42.5 Å². The van der Waals surface area contributed by atoms with Crippen LogP contribution in [0.25, 0.3) is 17.4 Å². The number of hydrogen-bond donors (Lipinski definition) is 1. The maximum atomic E-state index is 13.0. The number of benzene rings is 2. The molecule has 0 saturated heterocycles. The van der Waals surface area contributed by atoms with Gasteiger partial charge in [0, 0.05) is 17.2 Å². The number of nitrogens with two attached hydrogens (primary N) is 1. The van der Waals surface area contributed by atoms with E-state index < -0.39 is 21.8 Å². The Bertz CT molecular complexity index is 1260. The number of halogens is 1. The van der Waals surface area contributed by atoms with Crippen LogP contribution in [0.2, 0.25) is 0 Å².